The molecular formula is C19H20O4. The first-order chi connectivity index (χ1) is 10.8. The van der Waals surface area contributed by atoms with Crippen LogP contribution in [0.1, 0.15) is 36.7 Å². The van der Waals surface area contributed by atoms with Gasteiger partial charge in [0.1, 0.15) is 17.1 Å². The maximum Gasteiger partial charge on any atom is 0.160 e. The summed E-state index contributed by atoms with van der Waals surface area (Å²) in [6, 6.07) is 10.4. The Labute approximate surface area is 135 Å². The third-order valence-corrected chi connectivity index (χ3v) is 4.36. The number of ketones is 1. The number of aromatic hydroxyl groups is 1. The molecule has 0 saturated heterocycles. The Bertz CT molecular complexity index is 777. The molecule has 0 spiro atoms. The quantitative estimate of drug-likeness (QED) is 0.835. The van der Waals surface area contributed by atoms with Gasteiger partial charge in [0.15, 0.2) is 5.78 Å². The van der Waals surface area contributed by atoms with E-state index in [2.05, 4.69) is 0 Å². The van der Waals surface area contributed by atoms with Crippen molar-refractivity contribution in [2.45, 2.75) is 38.9 Å². The van der Waals surface area contributed by atoms with Crippen molar-refractivity contribution in [1.82, 2.24) is 0 Å². The van der Waals surface area contributed by atoms with Crippen molar-refractivity contribution in [3.63, 3.8) is 0 Å². The summed E-state index contributed by atoms with van der Waals surface area (Å²) in [5, 5.41) is 20.4. The number of hydrogen-bond donors (Lipinski definition) is 2. The lowest BCUT2D eigenvalue weighted by Gasteiger charge is -2.38. The Balaban J connectivity index is 2.23. The lowest BCUT2D eigenvalue weighted by Crippen LogP contribution is -2.46. The number of Topliss-reactive ketones (excluding diaryl/α,β-unsaturated/α-hetero) is 1. The molecule has 4 heteroatoms. The predicted molar refractivity (Wildman–Crippen MR) is 88.0 cm³/mol. The van der Waals surface area contributed by atoms with E-state index in [1.165, 1.54) is 6.92 Å². The Morgan fingerprint density at radius 1 is 1.22 bits per heavy atom. The summed E-state index contributed by atoms with van der Waals surface area (Å²) in [5.41, 5.74) is 2.13. The molecule has 4 nitrogen and oxygen atoms in total. The highest BCUT2D eigenvalue weighted by Gasteiger charge is 2.37. The maximum absolute atomic E-state index is 11.9. The van der Waals surface area contributed by atoms with Crippen molar-refractivity contribution < 1.29 is 19.7 Å². The second kappa shape index (κ2) is 5.39. The van der Waals surface area contributed by atoms with Crippen LogP contribution < -0.4 is 4.74 Å². The molecule has 0 bridgehead atoms. The number of fused-ring (bicyclic) bond motifs is 1. The van der Waals surface area contributed by atoms with Crippen molar-refractivity contribution in [3.05, 3.63) is 47.5 Å². The predicted octanol–water partition coefficient (Wildman–Crippen LogP) is 3.34. The number of rotatable bonds is 2. The van der Waals surface area contributed by atoms with Gasteiger partial charge in [-0.3, -0.25) is 4.79 Å². The number of phenols is 1. The highest BCUT2D eigenvalue weighted by molar-refractivity contribution is 6.01. The fourth-order valence-electron chi connectivity index (χ4n) is 2.99. The molecular weight excluding hydrogens is 292 g/mol. The van der Waals surface area contributed by atoms with Gasteiger partial charge in [-0.2, -0.15) is 0 Å². The number of hydrogen-bond acceptors (Lipinski definition) is 4. The number of phenolic OH excluding ortho intramolecular Hbond substituents is 1. The number of benzene rings is 2. The van der Waals surface area contributed by atoms with Gasteiger partial charge in [0.2, 0.25) is 0 Å². The van der Waals surface area contributed by atoms with Crippen molar-refractivity contribution in [2.24, 2.45) is 0 Å². The summed E-state index contributed by atoms with van der Waals surface area (Å²) in [4.78, 5) is 11.9. The zero-order chi connectivity index (χ0) is 16.8. The van der Waals surface area contributed by atoms with E-state index < -0.39 is 11.7 Å². The fraction of sp³-hybridized carbons (Fsp3) is 0.316. The molecule has 2 aromatic carbocycles. The maximum atomic E-state index is 11.9. The molecule has 0 amide bonds. The van der Waals surface area contributed by atoms with E-state index in [0.717, 1.165) is 16.7 Å². The van der Waals surface area contributed by atoms with Gasteiger partial charge in [-0.25, -0.2) is 0 Å². The first-order valence-electron chi connectivity index (χ1n) is 7.63. The first-order valence-corrected chi connectivity index (χ1v) is 7.63. The monoisotopic (exact) mass is 312 g/mol. The van der Waals surface area contributed by atoms with E-state index in [4.69, 9.17) is 4.74 Å². The largest absolute Gasteiger partial charge is 0.508 e. The Morgan fingerprint density at radius 3 is 2.61 bits per heavy atom. The molecule has 0 saturated carbocycles. The van der Waals surface area contributed by atoms with E-state index in [1.807, 2.05) is 32.0 Å². The number of carbonyl (C=O) groups is 1. The summed E-state index contributed by atoms with van der Waals surface area (Å²) in [6.45, 7) is 5.14. The van der Waals surface area contributed by atoms with Crippen molar-refractivity contribution in [2.75, 3.05) is 0 Å². The Hall–Kier alpha value is -2.33. The van der Waals surface area contributed by atoms with Crippen LogP contribution in [0.5, 0.6) is 11.5 Å². The molecule has 23 heavy (non-hydrogen) atoms. The van der Waals surface area contributed by atoms with Gasteiger partial charge in [0, 0.05) is 23.6 Å². The molecule has 1 atom stereocenters. The standard InChI is InChI=1S/C19H20O4/c1-11(20)13-6-4-5-7-14(13)15-8-12(21)9-17-16(15)10-18(22)19(2,3)23-17/h4-9,18,21-22H,10H2,1-3H3. The van der Waals surface area contributed by atoms with Crippen LogP contribution >= 0.6 is 0 Å². The van der Waals surface area contributed by atoms with E-state index in [-0.39, 0.29) is 11.5 Å². The minimum absolute atomic E-state index is 0.0460. The molecule has 120 valence electrons. The highest BCUT2D eigenvalue weighted by Crippen LogP contribution is 2.42. The van der Waals surface area contributed by atoms with Gasteiger partial charge in [-0.1, -0.05) is 24.3 Å². The van der Waals surface area contributed by atoms with E-state index in [9.17, 15) is 15.0 Å². The van der Waals surface area contributed by atoms with E-state index in [0.29, 0.717) is 17.7 Å². The summed E-state index contributed by atoms with van der Waals surface area (Å²) in [5.74, 6) is 0.577. The van der Waals surface area contributed by atoms with Gasteiger partial charge < -0.3 is 14.9 Å². The SMILES string of the molecule is CC(=O)c1ccccc1-c1cc(O)cc2c1CC(O)C(C)(C)O2. The van der Waals surface area contributed by atoms with Crippen LogP contribution in [0.15, 0.2) is 36.4 Å². The number of carbonyl (C=O) groups excluding carboxylic acids is 1. The molecule has 2 N–H and O–H groups in total. The van der Waals surface area contributed by atoms with Gasteiger partial charge in [-0.05, 0) is 38.0 Å². The van der Waals surface area contributed by atoms with Gasteiger partial charge in [-0.15, -0.1) is 0 Å². The third kappa shape index (κ3) is 2.70. The van der Waals surface area contributed by atoms with Crippen LogP contribution in [0.2, 0.25) is 0 Å². The van der Waals surface area contributed by atoms with Crippen molar-refractivity contribution in [3.8, 4) is 22.6 Å². The zero-order valence-corrected chi connectivity index (χ0v) is 13.5. The van der Waals surface area contributed by atoms with E-state index >= 15 is 0 Å². The van der Waals surface area contributed by atoms with Crippen LogP contribution in [0.25, 0.3) is 11.1 Å². The highest BCUT2D eigenvalue weighted by atomic mass is 16.5. The molecule has 1 aliphatic heterocycles. The molecule has 0 aliphatic carbocycles. The molecule has 0 fully saturated rings. The van der Waals surface area contributed by atoms with Gasteiger partial charge in [0.05, 0.1) is 6.10 Å². The minimum atomic E-state index is -0.724. The smallest absolute Gasteiger partial charge is 0.160 e. The summed E-state index contributed by atoms with van der Waals surface area (Å²) in [7, 11) is 0. The second-order valence-electron chi connectivity index (χ2n) is 6.50. The number of aliphatic hydroxyl groups excluding tert-OH is 1. The van der Waals surface area contributed by atoms with Crippen LogP contribution in [0, 0.1) is 0 Å². The summed E-state index contributed by atoms with van der Waals surface area (Å²) in [6.07, 6.45) is -0.257. The summed E-state index contributed by atoms with van der Waals surface area (Å²) >= 11 is 0. The van der Waals surface area contributed by atoms with Gasteiger partial charge >= 0.3 is 0 Å². The van der Waals surface area contributed by atoms with Crippen LogP contribution in [-0.4, -0.2) is 27.7 Å². The fourth-order valence-corrected chi connectivity index (χ4v) is 2.99. The molecule has 1 aliphatic rings. The normalized spacial score (nSPS) is 18.9. The van der Waals surface area contributed by atoms with Crippen molar-refractivity contribution in [1.29, 1.82) is 0 Å². The van der Waals surface area contributed by atoms with Crippen LogP contribution in [-0.2, 0) is 6.42 Å². The molecule has 3 rings (SSSR count). The first kappa shape index (κ1) is 15.6. The van der Waals surface area contributed by atoms with E-state index in [1.54, 1.807) is 18.2 Å². The molecule has 1 heterocycles. The summed E-state index contributed by atoms with van der Waals surface area (Å²) < 4.78 is 5.88. The molecule has 1 unspecified atom stereocenters. The third-order valence-electron chi connectivity index (χ3n) is 4.36. The lowest BCUT2D eigenvalue weighted by atomic mass is 9.85. The van der Waals surface area contributed by atoms with Crippen molar-refractivity contribution >= 4 is 5.78 Å². The zero-order valence-electron chi connectivity index (χ0n) is 13.5. The Morgan fingerprint density at radius 2 is 1.91 bits per heavy atom. The van der Waals surface area contributed by atoms with Crippen LogP contribution in [0.4, 0.5) is 0 Å². The topological polar surface area (TPSA) is 66.8 Å². The molecule has 2 aromatic rings. The second-order valence-corrected chi connectivity index (χ2v) is 6.50. The lowest BCUT2D eigenvalue weighted by molar-refractivity contribution is -0.0410. The average molecular weight is 312 g/mol. The van der Waals surface area contributed by atoms with Crippen LogP contribution in [0.3, 0.4) is 0 Å². The Kier molecular flexibility index (Phi) is 3.65. The number of aliphatic hydroxyl groups is 1. The minimum Gasteiger partial charge on any atom is -0.508 e. The van der Waals surface area contributed by atoms with Gasteiger partial charge in [0.25, 0.3) is 0 Å². The average Bonchev–Trinajstić information content (AvgIpc) is 2.48. The number of ether oxygens (including phenoxy) is 1. The molecule has 0 aromatic heterocycles. The molecule has 0 radical (unpaired) electrons.